The predicted molar refractivity (Wildman–Crippen MR) is 91.2 cm³/mol. The van der Waals surface area contributed by atoms with E-state index in [9.17, 15) is 14.7 Å². The van der Waals surface area contributed by atoms with Crippen molar-refractivity contribution in [3.63, 3.8) is 0 Å². The van der Waals surface area contributed by atoms with Crippen molar-refractivity contribution in [2.75, 3.05) is 20.0 Å². The van der Waals surface area contributed by atoms with Crippen molar-refractivity contribution in [3.8, 4) is 0 Å². The van der Waals surface area contributed by atoms with Crippen molar-refractivity contribution >= 4 is 35.0 Å². The quantitative estimate of drug-likeness (QED) is 0.618. The average Bonchev–Trinajstić information content (AvgIpc) is 3.04. The molecule has 0 radical (unpaired) electrons. The third-order valence-corrected chi connectivity index (χ3v) is 5.45. The molecule has 23 heavy (non-hydrogen) atoms. The summed E-state index contributed by atoms with van der Waals surface area (Å²) >= 11 is 2.61. The summed E-state index contributed by atoms with van der Waals surface area (Å²) in [6.45, 7) is -0.210. The maximum Gasteiger partial charge on any atom is 0.348 e. The van der Waals surface area contributed by atoms with Crippen molar-refractivity contribution in [2.24, 2.45) is 0 Å². The number of aliphatic hydroxyl groups is 1. The average molecular weight is 351 g/mol. The Balaban J connectivity index is 2.22. The fraction of sp³-hybridized carbons (Fsp3) is 0.250. The summed E-state index contributed by atoms with van der Waals surface area (Å²) in [4.78, 5) is 24.5. The van der Waals surface area contributed by atoms with Crippen molar-refractivity contribution < 1.29 is 19.4 Å². The van der Waals surface area contributed by atoms with Crippen LogP contribution in [-0.4, -0.2) is 37.0 Å². The Morgan fingerprint density at radius 1 is 1.35 bits per heavy atom. The van der Waals surface area contributed by atoms with Crippen LogP contribution in [0.5, 0.6) is 0 Å². The molecule has 0 aliphatic carbocycles. The first-order valence-corrected chi connectivity index (χ1v) is 8.87. The lowest BCUT2D eigenvalue weighted by Crippen LogP contribution is -2.30. The van der Waals surface area contributed by atoms with Gasteiger partial charge in [-0.15, -0.1) is 23.1 Å². The Labute approximate surface area is 142 Å². The lowest BCUT2D eigenvalue weighted by atomic mass is 10.1. The van der Waals surface area contributed by atoms with Gasteiger partial charge in [0.2, 0.25) is 0 Å². The molecule has 2 aromatic rings. The molecule has 7 heteroatoms. The highest BCUT2D eigenvalue weighted by Crippen LogP contribution is 2.31. The van der Waals surface area contributed by atoms with Gasteiger partial charge >= 0.3 is 5.97 Å². The minimum atomic E-state index is -0.500. The summed E-state index contributed by atoms with van der Waals surface area (Å²) in [5.41, 5.74) is 1.23. The number of nitrogens with one attached hydrogen (secondary N) is 1. The van der Waals surface area contributed by atoms with Gasteiger partial charge in [0, 0.05) is 0 Å². The highest BCUT2D eigenvalue weighted by Gasteiger charge is 2.22. The smallest absolute Gasteiger partial charge is 0.348 e. The van der Waals surface area contributed by atoms with Gasteiger partial charge in [0.15, 0.2) is 0 Å². The van der Waals surface area contributed by atoms with Crippen LogP contribution in [0.15, 0.2) is 40.6 Å². The lowest BCUT2D eigenvalue weighted by Gasteiger charge is -2.16. The topological polar surface area (TPSA) is 75.6 Å². The third-order valence-electron chi connectivity index (χ3n) is 3.20. The van der Waals surface area contributed by atoms with Crippen LogP contribution in [0, 0.1) is 0 Å². The second-order valence-electron chi connectivity index (χ2n) is 4.63. The number of carbonyl (C=O) groups is 2. The monoisotopic (exact) mass is 351 g/mol. The molecule has 0 saturated heterocycles. The van der Waals surface area contributed by atoms with E-state index in [2.05, 4.69) is 5.32 Å². The van der Waals surface area contributed by atoms with Crippen LogP contribution in [0.25, 0.3) is 0 Å². The molecule has 0 aliphatic rings. The molecule has 1 unspecified atom stereocenters. The molecular formula is C16H17NO4S2. The highest BCUT2D eigenvalue weighted by molar-refractivity contribution is 8.00. The summed E-state index contributed by atoms with van der Waals surface area (Å²) in [6.07, 6.45) is 1.84. The first kappa shape index (κ1) is 17.5. The number of hydrogen-bond donors (Lipinski definition) is 2. The Kier molecular flexibility index (Phi) is 6.20. The molecule has 2 N–H and O–H groups in total. The summed E-state index contributed by atoms with van der Waals surface area (Å²) in [5.74, 6) is -0.797. The van der Waals surface area contributed by atoms with Gasteiger partial charge in [-0.3, -0.25) is 4.79 Å². The predicted octanol–water partition coefficient (Wildman–Crippen LogP) is 2.72. The molecule has 1 heterocycles. The number of esters is 1. The van der Waals surface area contributed by atoms with E-state index >= 15 is 0 Å². The number of carbonyl (C=O) groups excluding carboxylic acids is 2. The molecule has 1 aromatic heterocycles. The second kappa shape index (κ2) is 8.14. The maximum atomic E-state index is 12.5. The molecule has 0 spiro atoms. The molecule has 122 valence electrons. The van der Waals surface area contributed by atoms with Crippen LogP contribution < -0.4 is 5.32 Å². The molecule has 0 fully saturated rings. The van der Waals surface area contributed by atoms with Gasteiger partial charge < -0.3 is 15.2 Å². The number of ether oxygens (including phenoxy) is 1. The van der Waals surface area contributed by atoms with E-state index in [0.29, 0.717) is 10.4 Å². The first-order valence-electron chi connectivity index (χ1n) is 6.83. The van der Waals surface area contributed by atoms with Crippen molar-refractivity contribution in [2.45, 2.75) is 10.3 Å². The van der Waals surface area contributed by atoms with Crippen LogP contribution in [0.3, 0.4) is 0 Å². The van der Waals surface area contributed by atoms with Gasteiger partial charge in [0.05, 0.1) is 29.5 Å². The number of hydrogen-bond acceptors (Lipinski definition) is 6. The largest absolute Gasteiger partial charge is 0.465 e. The van der Waals surface area contributed by atoms with Gasteiger partial charge in [-0.1, -0.05) is 30.3 Å². The van der Waals surface area contributed by atoms with Crippen LogP contribution in [0.2, 0.25) is 0 Å². The number of methoxy groups -OCH3 is 1. The van der Waals surface area contributed by atoms with E-state index in [4.69, 9.17) is 4.74 Å². The summed E-state index contributed by atoms with van der Waals surface area (Å²) in [6, 6.07) is 10.3. The van der Waals surface area contributed by atoms with Crippen molar-refractivity contribution in [3.05, 3.63) is 52.4 Å². The van der Waals surface area contributed by atoms with Crippen LogP contribution in [-0.2, 0) is 4.74 Å². The number of thiophene rings is 1. The molecule has 5 nitrogen and oxygen atoms in total. The number of benzene rings is 1. The second-order valence-corrected chi connectivity index (χ2v) is 6.75. The molecule has 1 atom stereocenters. The number of thioether (sulfide) groups is 1. The molecular weight excluding hydrogens is 334 g/mol. The van der Waals surface area contributed by atoms with Crippen LogP contribution in [0.1, 0.15) is 31.6 Å². The summed E-state index contributed by atoms with van der Waals surface area (Å²) < 4.78 is 5.42. The Hall–Kier alpha value is -1.83. The molecule has 1 amide bonds. The Morgan fingerprint density at radius 2 is 2.04 bits per heavy atom. The van der Waals surface area contributed by atoms with Gasteiger partial charge in [0.1, 0.15) is 4.88 Å². The zero-order valence-corrected chi connectivity index (χ0v) is 14.4. The van der Waals surface area contributed by atoms with Crippen LogP contribution in [0.4, 0.5) is 0 Å². The van der Waals surface area contributed by atoms with E-state index in [1.807, 2.05) is 36.6 Å². The molecule has 0 bridgehead atoms. The van der Waals surface area contributed by atoms with Gasteiger partial charge in [0.25, 0.3) is 5.91 Å². The van der Waals surface area contributed by atoms with E-state index in [1.54, 1.807) is 0 Å². The highest BCUT2D eigenvalue weighted by atomic mass is 32.2. The zero-order valence-electron chi connectivity index (χ0n) is 12.7. The lowest BCUT2D eigenvalue weighted by molar-refractivity contribution is 0.0606. The molecule has 0 aliphatic heterocycles. The van der Waals surface area contributed by atoms with Gasteiger partial charge in [-0.05, 0) is 17.9 Å². The zero-order chi connectivity index (χ0) is 16.8. The van der Waals surface area contributed by atoms with Gasteiger partial charge in [-0.2, -0.15) is 0 Å². The van der Waals surface area contributed by atoms with E-state index < -0.39 is 12.0 Å². The molecule has 0 saturated carbocycles. The standard InChI is InChI=1S/C16H17NO4S2/c1-21-15(20)13-8-11(16(22-2)23-13)14(19)17-12(9-18)10-6-4-3-5-7-10/h3-8,12,18H,9H2,1-2H3,(H,17,19). The fourth-order valence-electron chi connectivity index (χ4n) is 2.04. The molecule has 1 aromatic carbocycles. The van der Waals surface area contributed by atoms with Crippen molar-refractivity contribution in [1.82, 2.24) is 5.32 Å². The summed E-state index contributed by atoms with van der Waals surface area (Å²) in [5, 5.41) is 12.3. The van der Waals surface area contributed by atoms with Crippen molar-refractivity contribution in [1.29, 1.82) is 0 Å². The number of aliphatic hydroxyl groups excluding tert-OH is 1. The first-order chi connectivity index (χ1) is 11.1. The van der Waals surface area contributed by atoms with Gasteiger partial charge in [-0.25, -0.2) is 4.79 Å². The Morgan fingerprint density at radius 3 is 2.61 bits per heavy atom. The molecule has 2 rings (SSSR count). The Bertz CT molecular complexity index is 685. The SMILES string of the molecule is COC(=O)c1cc(C(=O)NC(CO)c2ccccc2)c(SC)s1. The maximum absolute atomic E-state index is 12.5. The van der Waals surface area contributed by atoms with E-state index in [0.717, 1.165) is 9.77 Å². The minimum Gasteiger partial charge on any atom is -0.465 e. The normalized spacial score (nSPS) is 11.8. The number of amides is 1. The minimum absolute atomic E-state index is 0.210. The van der Waals surface area contributed by atoms with Crippen LogP contribution >= 0.6 is 23.1 Å². The summed E-state index contributed by atoms with van der Waals surface area (Å²) in [7, 11) is 1.30. The van der Waals surface area contributed by atoms with E-state index in [-0.39, 0.29) is 12.5 Å². The fourth-order valence-corrected chi connectivity index (χ4v) is 3.82. The number of rotatable bonds is 6. The third kappa shape index (κ3) is 4.13. The van der Waals surface area contributed by atoms with E-state index in [1.165, 1.54) is 36.3 Å².